The molecule has 0 aromatic heterocycles. The van der Waals surface area contributed by atoms with Crippen LogP contribution < -0.4 is 20.1 Å². The Morgan fingerprint density at radius 1 is 0.438 bits per heavy atom. The Bertz CT molecular complexity index is 996. The van der Waals surface area contributed by atoms with E-state index in [1.54, 1.807) is 0 Å². The molecule has 32 heavy (non-hydrogen) atoms. The number of hydrogen-bond donors (Lipinski definition) is 2. The zero-order valence-corrected chi connectivity index (χ0v) is 18.0. The summed E-state index contributed by atoms with van der Waals surface area (Å²) in [5.41, 5.74) is 2.40. The molecular weight excluding hydrogens is 396 g/mol. The highest BCUT2D eigenvalue weighted by Crippen LogP contribution is 2.22. The molecule has 4 aromatic carbocycles. The molecule has 0 atom stereocenters. The second kappa shape index (κ2) is 11.7. The van der Waals surface area contributed by atoms with E-state index in [1.165, 1.54) is 11.1 Å². The van der Waals surface area contributed by atoms with Crippen molar-refractivity contribution >= 4 is 0 Å². The van der Waals surface area contributed by atoms with Crippen LogP contribution >= 0.6 is 0 Å². The van der Waals surface area contributed by atoms with E-state index in [1.807, 2.05) is 84.9 Å². The summed E-state index contributed by atoms with van der Waals surface area (Å²) < 4.78 is 11.8. The van der Waals surface area contributed by atoms with Gasteiger partial charge in [0.15, 0.2) is 0 Å². The number of rotatable bonds is 11. The maximum atomic E-state index is 5.91. The average molecular weight is 425 g/mol. The fourth-order valence-corrected chi connectivity index (χ4v) is 3.33. The molecule has 0 fully saturated rings. The van der Waals surface area contributed by atoms with Crippen molar-refractivity contribution in [2.24, 2.45) is 0 Å². The van der Waals surface area contributed by atoms with Gasteiger partial charge in [-0.25, -0.2) is 0 Å². The van der Waals surface area contributed by atoms with Gasteiger partial charge in [-0.2, -0.15) is 0 Å². The molecule has 0 spiro atoms. The van der Waals surface area contributed by atoms with E-state index < -0.39 is 0 Å². The van der Waals surface area contributed by atoms with Gasteiger partial charge in [0, 0.05) is 26.2 Å². The lowest BCUT2D eigenvalue weighted by molar-refractivity contribution is 0.481. The van der Waals surface area contributed by atoms with Gasteiger partial charge >= 0.3 is 0 Å². The Morgan fingerprint density at radius 3 is 1.28 bits per heavy atom. The van der Waals surface area contributed by atoms with Crippen molar-refractivity contribution in [3.63, 3.8) is 0 Å². The molecule has 0 amide bonds. The van der Waals surface area contributed by atoms with Crippen molar-refractivity contribution in [2.45, 2.75) is 13.1 Å². The lowest BCUT2D eigenvalue weighted by Crippen LogP contribution is -2.26. The van der Waals surface area contributed by atoms with E-state index in [2.05, 4.69) is 34.9 Å². The smallest absolute Gasteiger partial charge is 0.127 e. The summed E-state index contributed by atoms with van der Waals surface area (Å²) in [6, 6.07) is 36.1. The largest absolute Gasteiger partial charge is 0.457 e. The highest BCUT2D eigenvalue weighted by atomic mass is 16.5. The Balaban J connectivity index is 1.16. The van der Waals surface area contributed by atoms with Crippen molar-refractivity contribution in [3.8, 4) is 23.0 Å². The Morgan fingerprint density at radius 2 is 0.844 bits per heavy atom. The van der Waals surface area contributed by atoms with Gasteiger partial charge in [-0.15, -0.1) is 0 Å². The van der Waals surface area contributed by atoms with Crippen molar-refractivity contribution in [2.75, 3.05) is 13.1 Å². The molecule has 4 aromatic rings. The second-order valence-electron chi connectivity index (χ2n) is 7.48. The molecule has 4 rings (SSSR count). The summed E-state index contributed by atoms with van der Waals surface area (Å²) in [7, 11) is 0. The molecule has 0 aliphatic rings. The SMILES string of the molecule is c1ccc(Oc2cccc(CNCCNCc3cccc(Oc4ccccc4)c3)c2)cc1. The molecule has 0 saturated carbocycles. The van der Waals surface area contributed by atoms with Crippen LogP contribution in [-0.2, 0) is 13.1 Å². The van der Waals surface area contributed by atoms with Crippen molar-refractivity contribution in [3.05, 3.63) is 120 Å². The predicted molar refractivity (Wildman–Crippen MR) is 129 cm³/mol. The summed E-state index contributed by atoms with van der Waals surface area (Å²) in [5, 5.41) is 6.96. The fraction of sp³-hybridized carbons (Fsp3) is 0.143. The minimum absolute atomic E-state index is 0.800. The quantitative estimate of drug-likeness (QED) is 0.283. The van der Waals surface area contributed by atoms with E-state index in [0.717, 1.165) is 49.2 Å². The molecule has 4 heteroatoms. The summed E-state index contributed by atoms with van der Waals surface area (Å²) in [6.45, 7) is 3.36. The van der Waals surface area contributed by atoms with E-state index in [4.69, 9.17) is 9.47 Å². The van der Waals surface area contributed by atoms with Gasteiger partial charge in [-0.3, -0.25) is 0 Å². The monoisotopic (exact) mass is 424 g/mol. The van der Waals surface area contributed by atoms with Crippen LogP contribution in [-0.4, -0.2) is 13.1 Å². The van der Waals surface area contributed by atoms with Crippen LogP contribution in [0, 0.1) is 0 Å². The van der Waals surface area contributed by atoms with E-state index >= 15 is 0 Å². The summed E-state index contributed by atoms with van der Waals surface area (Å²) in [5.74, 6) is 3.40. The molecule has 0 aliphatic carbocycles. The van der Waals surface area contributed by atoms with E-state index in [0.29, 0.717) is 0 Å². The Labute approximate surface area is 189 Å². The number of benzene rings is 4. The molecular formula is C28H28N2O2. The lowest BCUT2D eigenvalue weighted by atomic mass is 10.2. The molecule has 0 heterocycles. The van der Waals surface area contributed by atoms with Gasteiger partial charge in [0.05, 0.1) is 0 Å². The van der Waals surface area contributed by atoms with E-state index in [-0.39, 0.29) is 0 Å². The molecule has 2 N–H and O–H groups in total. The minimum Gasteiger partial charge on any atom is -0.457 e. The summed E-state index contributed by atoms with van der Waals surface area (Å²) in [6.07, 6.45) is 0. The highest BCUT2D eigenvalue weighted by molar-refractivity contribution is 5.35. The van der Waals surface area contributed by atoms with Gasteiger partial charge in [0.2, 0.25) is 0 Å². The van der Waals surface area contributed by atoms with Crippen LogP contribution in [0.4, 0.5) is 0 Å². The third-order valence-corrected chi connectivity index (χ3v) is 4.89. The second-order valence-corrected chi connectivity index (χ2v) is 7.48. The van der Waals surface area contributed by atoms with Gasteiger partial charge in [-0.05, 0) is 59.7 Å². The highest BCUT2D eigenvalue weighted by Gasteiger charge is 2.01. The fourth-order valence-electron chi connectivity index (χ4n) is 3.33. The maximum Gasteiger partial charge on any atom is 0.127 e. The lowest BCUT2D eigenvalue weighted by Gasteiger charge is -2.10. The molecule has 0 bridgehead atoms. The van der Waals surface area contributed by atoms with Gasteiger partial charge in [0.1, 0.15) is 23.0 Å². The van der Waals surface area contributed by atoms with Crippen LogP contribution in [0.5, 0.6) is 23.0 Å². The Hall–Kier alpha value is -3.60. The van der Waals surface area contributed by atoms with Crippen LogP contribution in [0.2, 0.25) is 0 Å². The molecule has 0 unspecified atom stereocenters. The molecule has 0 saturated heterocycles. The molecule has 4 nitrogen and oxygen atoms in total. The normalized spacial score (nSPS) is 10.6. The molecule has 0 radical (unpaired) electrons. The number of nitrogens with one attached hydrogen (secondary N) is 2. The van der Waals surface area contributed by atoms with Crippen molar-refractivity contribution in [1.82, 2.24) is 10.6 Å². The summed E-state index contributed by atoms with van der Waals surface area (Å²) in [4.78, 5) is 0. The van der Waals surface area contributed by atoms with Gasteiger partial charge in [-0.1, -0.05) is 60.7 Å². The zero-order chi connectivity index (χ0) is 21.8. The first-order valence-electron chi connectivity index (χ1n) is 10.9. The minimum atomic E-state index is 0.800. The van der Waals surface area contributed by atoms with Gasteiger partial charge in [0.25, 0.3) is 0 Å². The third kappa shape index (κ3) is 6.98. The zero-order valence-electron chi connectivity index (χ0n) is 18.0. The number of hydrogen-bond acceptors (Lipinski definition) is 4. The van der Waals surface area contributed by atoms with Crippen molar-refractivity contribution in [1.29, 1.82) is 0 Å². The molecule has 0 aliphatic heterocycles. The van der Waals surface area contributed by atoms with Crippen molar-refractivity contribution < 1.29 is 9.47 Å². The van der Waals surface area contributed by atoms with Crippen LogP contribution in [0.25, 0.3) is 0 Å². The van der Waals surface area contributed by atoms with Crippen LogP contribution in [0.15, 0.2) is 109 Å². The van der Waals surface area contributed by atoms with Crippen LogP contribution in [0.3, 0.4) is 0 Å². The van der Waals surface area contributed by atoms with Crippen LogP contribution in [0.1, 0.15) is 11.1 Å². The third-order valence-electron chi connectivity index (χ3n) is 4.89. The standard InChI is InChI=1S/C28H28N2O2/c1-3-11-25(12-4-1)31-27-15-7-9-23(19-27)21-29-17-18-30-22-24-10-8-16-28(20-24)32-26-13-5-2-6-14-26/h1-16,19-20,29-30H,17-18,21-22H2. The summed E-state index contributed by atoms with van der Waals surface area (Å²) >= 11 is 0. The maximum absolute atomic E-state index is 5.91. The van der Waals surface area contributed by atoms with Gasteiger partial charge < -0.3 is 20.1 Å². The first-order chi connectivity index (χ1) is 15.8. The average Bonchev–Trinajstić information content (AvgIpc) is 2.83. The predicted octanol–water partition coefficient (Wildman–Crippen LogP) is 6.15. The first-order valence-corrected chi connectivity index (χ1v) is 10.9. The topological polar surface area (TPSA) is 42.5 Å². The number of para-hydroxylation sites is 2. The number of ether oxygens (including phenoxy) is 2. The molecule has 162 valence electrons. The van der Waals surface area contributed by atoms with E-state index in [9.17, 15) is 0 Å². The Kier molecular flexibility index (Phi) is 7.91. The first kappa shape index (κ1) is 21.6.